The van der Waals surface area contributed by atoms with Gasteiger partial charge < -0.3 is 14.2 Å². The number of carbonyl (C=O) groups is 1. The van der Waals surface area contributed by atoms with Crippen molar-refractivity contribution < 1.29 is 18.4 Å². The SMILES string of the molecule is CCOc1ccc(-c2cncc(N(CC34CCC(c5nc(C(C)(C)C)no5)(CC3)CC4)C(=O)C34CC(F)(C3)C4)c2)cn1. The van der Waals surface area contributed by atoms with Crippen LogP contribution in [0.4, 0.5) is 10.1 Å². The summed E-state index contributed by atoms with van der Waals surface area (Å²) in [6.07, 6.45) is 12.2. The molecule has 9 rings (SSSR count). The molecule has 9 heteroatoms. The Morgan fingerprint density at radius 2 is 1.74 bits per heavy atom. The fourth-order valence-electron chi connectivity index (χ4n) is 7.88. The average Bonchev–Trinajstić information content (AvgIpc) is 3.48. The molecule has 3 aromatic heterocycles. The number of halogens is 1. The van der Waals surface area contributed by atoms with Crippen molar-refractivity contribution in [3.05, 3.63) is 48.5 Å². The topological polar surface area (TPSA) is 94.2 Å². The second-order valence-corrected chi connectivity index (χ2v) is 14.6. The van der Waals surface area contributed by atoms with Crippen molar-refractivity contribution in [3.63, 3.8) is 0 Å². The highest BCUT2D eigenvalue weighted by Crippen LogP contribution is 2.70. The Morgan fingerprint density at radius 3 is 2.31 bits per heavy atom. The molecule has 1 amide bonds. The van der Waals surface area contributed by atoms with Crippen LogP contribution < -0.4 is 9.64 Å². The number of nitrogens with zero attached hydrogens (tertiary/aromatic N) is 5. The predicted octanol–water partition coefficient (Wildman–Crippen LogP) is 6.74. The molecule has 0 aromatic carbocycles. The molecule has 6 fully saturated rings. The summed E-state index contributed by atoms with van der Waals surface area (Å²) < 4.78 is 25.9. The highest BCUT2D eigenvalue weighted by molar-refractivity contribution is 6.00. The minimum Gasteiger partial charge on any atom is -0.478 e. The fraction of sp³-hybridized carbons (Fsp3) is 0.606. The van der Waals surface area contributed by atoms with Gasteiger partial charge in [0, 0.05) is 47.0 Å². The molecule has 0 N–H and O–H groups in total. The van der Waals surface area contributed by atoms with E-state index in [-0.39, 0.29) is 22.2 Å². The second kappa shape index (κ2) is 9.32. The van der Waals surface area contributed by atoms with E-state index in [0.717, 1.165) is 67.1 Å². The number of amides is 1. The third-order valence-corrected chi connectivity index (χ3v) is 10.5. The van der Waals surface area contributed by atoms with E-state index in [1.807, 2.05) is 30.0 Å². The first-order chi connectivity index (χ1) is 20.0. The number of hydrogen-bond donors (Lipinski definition) is 0. The van der Waals surface area contributed by atoms with E-state index < -0.39 is 11.1 Å². The number of alkyl halides is 1. The largest absolute Gasteiger partial charge is 0.478 e. The third-order valence-electron chi connectivity index (χ3n) is 10.5. The van der Waals surface area contributed by atoms with Gasteiger partial charge in [-0.25, -0.2) is 9.37 Å². The van der Waals surface area contributed by atoms with E-state index in [9.17, 15) is 9.18 Å². The Hall–Kier alpha value is -3.36. The Labute approximate surface area is 246 Å². The van der Waals surface area contributed by atoms with E-state index in [2.05, 4.69) is 35.9 Å². The summed E-state index contributed by atoms with van der Waals surface area (Å²) in [7, 11) is 0. The summed E-state index contributed by atoms with van der Waals surface area (Å²) in [4.78, 5) is 29.9. The fourth-order valence-corrected chi connectivity index (χ4v) is 7.88. The van der Waals surface area contributed by atoms with Gasteiger partial charge in [0.1, 0.15) is 5.67 Å². The van der Waals surface area contributed by atoms with Gasteiger partial charge >= 0.3 is 0 Å². The lowest BCUT2D eigenvalue weighted by molar-refractivity contribution is -0.211. The molecule has 6 aliphatic carbocycles. The molecule has 0 spiro atoms. The molecular formula is C33H40FN5O3. The molecule has 0 atom stereocenters. The summed E-state index contributed by atoms with van der Waals surface area (Å²) >= 11 is 0. The maximum atomic E-state index is 14.6. The van der Waals surface area contributed by atoms with Gasteiger partial charge in [0.05, 0.1) is 23.9 Å². The number of pyridine rings is 2. The van der Waals surface area contributed by atoms with Crippen molar-refractivity contribution in [2.75, 3.05) is 18.1 Å². The molecular weight excluding hydrogens is 533 g/mol. The van der Waals surface area contributed by atoms with Crippen LogP contribution in [0.3, 0.4) is 0 Å². The van der Waals surface area contributed by atoms with Gasteiger partial charge in [0.15, 0.2) is 5.82 Å². The quantitative estimate of drug-likeness (QED) is 0.295. The Morgan fingerprint density at radius 1 is 1.02 bits per heavy atom. The highest BCUT2D eigenvalue weighted by atomic mass is 19.1. The summed E-state index contributed by atoms with van der Waals surface area (Å²) in [6, 6.07) is 5.83. The Kier molecular flexibility index (Phi) is 6.09. The van der Waals surface area contributed by atoms with E-state index in [1.54, 1.807) is 18.6 Å². The Bertz CT molecular complexity index is 1470. The highest BCUT2D eigenvalue weighted by Gasteiger charge is 2.73. The number of carbonyl (C=O) groups excluding carboxylic acids is 1. The van der Waals surface area contributed by atoms with Crippen LogP contribution >= 0.6 is 0 Å². The molecule has 0 saturated heterocycles. The number of aromatic nitrogens is 4. The first-order valence-electron chi connectivity index (χ1n) is 15.4. The van der Waals surface area contributed by atoms with Crippen molar-refractivity contribution in [1.29, 1.82) is 0 Å². The molecule has 4 bridgehead atoms. The summed E-state index contributed by atoms with van der Waals surface area (Å²) in [5.74, 6) is 2.15. The van der Waals surface area contributed by atoms with Gasteiger partial charge in [0.2, 0.25) is 17.7 Å². The lowest BCUT2D eigenvalue weighted by atomic mass is 9.41. The molecule has 6 saturated carbocycles. The molecule has 0 radical (unpaired) electrons. The van der Waals surface area contributed by atoms with Gasteiger partial charge in [-0.3, -0.25) is 9.78 Å². The van der Waals surface area contributed by atoms with Crippen LogP contribution in [0.2, 0.25) is 0 Å². The first-order valence-corrected chi connectivity index (χ1v) is 15.4. The zero-order chi connectivity index (χ0) is 29.4. The van der Waals surface area contributed by atoms with Crippen molar-refractivity contribution in [2.24, 2.45) is 10.8 Å². The number of hydrogen-bond acceptors (Lipinski definition) is 7. The normalized spacial score (nSPS) is 31.3. The lowest BCUT2D eigenvalue weighted by Crippen LogP contribution is -2.71. The van der Waals surface area contributed by atoms with Crippen molar-refractivity contribution in [3.8, 4) is 17.0 Å². The van der Waals surface area contributed by atoms with Crippen LogP contribution in [0.1, 0.15) is 97.2 Å². The standard InChI is InChI=1S/C33H40FN5O3/c1-5-41-25-7-6-22(16-36-25)23-14-24(17-35-15-23)39(28(40)32-18-33(34,19-32)20-32)21-30-8-11-31(12-9-30,13-10-30)27-37-26(38-42-27)29(2,3)4/h6-7,14-17H,5,8-13,18-21H2,1-4H3. The van der Waals surface area contributed by atoms with Crippen LogP contribution in [0.25, 0.3) is 11.1 Å². The molecule has 222 valence electrons. The van der Waals surface area contributed by atoms with E-state index in [0.29, 0.717) is 38.3 Å². The van der Waals surface area contributed by atoms with Crippen molar-refractivity contribution >= 4 is 11.6 Å². The summed E-state index contributed by atoms with van der Waals surface area (Å²) in [5.41, 5.74) is 0.613. The first kappa shape index (κ1) is 27.5. The van der Waals surface area contributed by atoms with Crippen LogP contribution in [0, 0.1) is 10.8 Å². The number of ether oxygens (including phenoxy) is 1. The second-order valence-electron chi connectivity index (χ2n) is 14.6. The molecule has 42 heavy (non-hydrogen) atoms. The Balaban J connectivity index is 1.15. The van der Waals surface area contributed by atoms with Crippen LogP contribution in [0.5, 0.6) is 5.88 Å². The van der Waals surface area contributed by atoms with Crippen molar-refractivity contribution in [2.45, 2.75) is 102 Å². The molecule has 6 aliphatic rings. The summed E-state index contributed by atoms with van der Waals surface area (Å²) in [5, 5.41) is 4.31. The maximum Gasteiger partial charge on any atom is 0.233 e. The monoisotopic (exact) mass is 573 g/mol. The third kappa shape index (κ3) is 4.42. The minimum atomic E-state index is -1.14. The van der Waals surface area contributed by atoms with Gasteiger partial charge in [-0.2, -0.15) is 4.98 Å². The zero-order valence-corrected chi connectivity index (χ0v) is 25.1. The molecule has 0 aliphatic heterocycles. The van der Waals surface area contributed by atoms with Gasteiger partial charge in [-0.05, 0) is 82.3 Å². The summed E-state index contributed by atoms with van der Waals surface area (Å²) in [6.45, 7) is 9.40. The molecule has 3 heterocycles. The van der Waals surface area contributed by atoms with Gasteiger partial charge in [0.25, 0.3) is 0 Å². The zero-order valence-electron chi connectivity index (χ0n) is 25.1. The predicted molar refractivity (Wildman–Crippen MR) is 156 cm³/mol. The molecule has 8 nitrogen and oxygen atoms in total. The minimum absolute atomic E-state index is 0.00206. The maximum absolute atomic E-state index is 14.6. The van der Waals surface area contributed by atoms with Crippen LogP contribution in [0.15, 0.2) is 41.3 Å². The van der Waals surface area contributed by atoms with Crippen LogP contribution in [-0.2, 0) is 15.6 Å². The number of rotatable bonds is 8. The van der Waals surface area contributed by atoms with E-state index >= 15 is 0 Å². The number of anilines is 1. The average molecular weight is 574 g/mol. The smallest absolute Gasteiger partial charge is 0.233 e. The van der Waals surface area contributed by atoms with Crippen molar-refractivity contribution in [1.82, 2.24) is 20.1 Å². The van der Waals surface area contributed by atoms with Gasteiger partial charge in [-0.15, -0.1) is 0 Å². The van der Waals surface area contributed by atoms with E-state index in [4.69, 9.17) is 14.2 Å². The van der Waals surface area contributed by atoms with Gasteiger partial charge in [-0.1, -0.05) is 25.9 Å². The van der Waals surface area contributed by atoms with E-state index in [1.165, 1.54) is 0 Å². The molecule has 0 unspecified atom stereocenters. The van der Waals surface area contributed by atoms with Crippen LogP contribution in [-0.4, -0.2) is 44.8 Å². The molecule has 3 aromatic rings. The lowest BCUT2D eigenvalue weighted by Gasteiger charge is -2.65. The number of fused-ring (bicyclic) bond motifs is 3.